The van der Waals surface area contributed by atoms with Crippen LogP contribution in [0.25, 0.3) is 0 Å². The number of halogens is 3. The first-order valence-electron chi connectivity index (χ1n) is 11.7. The first kappa shape index (κ1) is 26.1. The van der Waals surface area contributed by atoms with Gasteiger partial charge in [0.1, 0.15) is 16.8 Å². The number of piperidine rings is 1. The number of amides is 1. The Balaban J connectivity index is 1.42. The lowest BCUT2D eigenvalue weighted by atomic mass is 9.98. The molecule has 0 radical (unpaired) electrons. The molecule has 2 aromatic rings. The Morgan fingerprint density at radius 1 is 1.09 bits per heavy atom. The Hall–Kier alpha value is -2.00. The number of hydrogen-bond acceptors (Lipinski definition) is 5. The van der Waals surface area contributed by atoms with Crippen LogP contribution in [0.3, 0.4) is 0 Å². The number of nitrogens with one attached hydrogen (secondary N) is 3. The van der Waals surface area contributed by atoms with Gasteiger partial charge in [-0.2, -0.15) is 0 Å². The van der Waals surface area contributed by atoms with Crippen molar-refractivity contribution >= 4 is 51.5 Å². The standard InChI is InChI=1S/C25H29Cl2FN4O2S/c1-14(29)21-12-22(25(33)31-35(34)20-3-4-20)23(28)13-24(21)30-19-5-7-32(8-6-19)15(2)16-9-17(26)11-18(27)10-16/h9-13,15,19-20,29-30H,3-8H2,1-2H3,(H,31,33). The summed E-state index contributed by atoms with van der Waals surface area (Å²) in [6.45, 7) is 5.39. The highest BCUT2D eigenvalue weighted by molar-refractivity contribution is 7.84. The molecule has 0 aromatic heterocycles. The summed E-state index contributed by atoms with van der Waals surface area (Å²) in [5, 5.41) is 12.7. The van der Waals surface area contributed by atoms with Gasteiger partial charge >= 0.3 is 0 Å². The molecule has 1 saturated heterocycles. The van der Waals surface area contributed by atoms with Gasteiger partial charge in [0.25, 0.3) is 5.91 Å². The lowest BCUT2D eigenvalue weighted by molar-refractivity contribution is 0.0979. The van der Waals surface area contributed by atoms with E-state index in [1.165, 1.54) is 12.1 Å². The van der Waals surface area contributed by atoms with E-state index in [2.05, 4.69) is 21.9 Å². The highest BCUT2D eigenvalue weighted by atomic mass is 35.5. The third-order valence-electron chi connectivity index (χ3n) is 6.58. The Labute approximate surface area is 217 Å². The Bertz CT molecular complexity index is 1150. The fourth-order valence-electron chi connectivity index (χ4n) is 4.37. The van der Waals surface area contributed by atoms with Gasteiger partial charge in [-0.25, -0.2) is 8.60 Å². The van der Waals surface area contributed by atoms with Crippen LogP contribution in [-0.4, -0.2) is 45.1 Å². The average Bonchev–Trinajstić information content (AvgIpc) is 3.64. The van der Waals surface area contributed by atoms with Crippen LogP contribution >= 0.6 is 23.2 Å². The van der Waals surface area contributed by atoms with E-state index in [1.807, 2.05) is 12.1 Å². The van der Waals surface area contributed by atoms with E-state index >= 15 is 0 Å². The number of hydrogen-bond donors (Lipinski definition) is 3. The van der Waals surface area contributed by atoms with Crippen LogP contribution in [0.5, 0.6) is 0 Å². The van der Waals surface area contributed by atoms with Gasteiger partial charge < -0.3 is 10.7 Å². The first-order valence-corrected chi connectivity index (χ1v) is 13.7. The van der Waals surface area contributed by atoms with Gasteiger partial charge in [-0.05, 0) is 75.4 Å². The zero-order valence-corrected chi connectivity index (χ0v) is 22.0. The van der Waals surface area contributed by atoms with E-state index in [4.69, 9.17) is 28.6 Å². The van der Waals surface area contributed by atoms with Gasteiger partial charge in [-0.3, -0.25) is 14.4 Å². The minimum absolute atomic E-state index is 0.0451. The van der Waals surface area contributed by atoms with E-state index in [1.54, 1.807) is 13.0 Å². The number of benzene rings is 2. The molecule has 188 valence electrons. The summed E-state index contributed by atoms with van der Waals surface area (Å²) >= 11 is 12.3. The predicted molar refractivity (Wildman–Crippen MR) is 141 cm³/mol. The Morgan fingerprint density at radius 3 is 2.29 bits per heavy atom. The molecule has 0 spiro atoms. The van der Waals surface area contributed by atoms with Gasteiger partial charge in [-0.1, -0.05) is 23.2 Å². The minimum Gasteiger partial charge on any atom is -0.382 e. The molecule has 1 aliphatic heterocycles. The molecule has 2 fully saturated rings. The SMILES string of the molecule is CC(=N)c1cc(C(=O)NS(=O)C2CC2)c(F)cc1NC1CCN(C(C)c2cc(Cl)cc(Cl)c2)CC1. The summed E-state index contributed by atoms with van der Waals surface area (Å²) in [6.07, 6.45) is 3.26. The molecule has 10 heteroatoms. The lowest BCUT2D eigenvalue weighted by Crippen LogP contribution is -2.40. The molecule has 2 aromatic carbocycles. The molecule has 4 rings (SSSR count). The maximum atomic E-state index is 14.9. The molecule has 2 atom stereocenters. The molecule has 2 unspecified atom stereocenters. The molecule has 1 heterocycles. The third-order valence-corrected chi connectivity index (χ3v) is 8.48. The maximum absolute atomic E-state index is 14.9. The van der Waals surface area contributed by atoms with Crippen molar-refractivity contribution in [3.05, 3.63) is 62.9 Å². The smallest absolute Gasteiger partial charge is 0.265 e. The number of carbonyl (C=O) groups is 1. The van der Waals surface area contributed by atoms with Crippen molar-refractivity contribution in [2.75, 3.05) is 18.4 Å². The van der Waals surface area contributed by atoms with Crippen molar-refractivity contribution in [2.24, 2.45) is 0 Å². The molecular weight excluding hydrogens is 510 g/mol. The second kappa shape index (κ2) is 10.9. The monoisotopic (exact) mass is 538 g/mol. The number of anilines is 1. The van der Waals surface area contributed by atoms with Crippen molar-refractivity contribution in [3.63, 3.8) is 0 Å². The van der Waals surface area contributed by atoms with Gasteiger partial charge in [0, 0.05) is 52.2 Å². The predicted octanol–water partition coefficient (Wildman–Crippen LogP) is 5.71. The van der Waals surface area contributed by atoms with Gasteiger partial charge in [0.15, 0.2) is 0 Å². The van der Waals surface area contributed by atoms with Crippen LogP contribution in [0.1, 0.15) is 67.1 Å². The van der Waals surface area contributed by atoms with Crippen molar-refractivity contribution in [1.82, 2.24) is 9.62 Å². The summed E-state index contributed by atoms with van der Waals surface area (Å²) in [5.74, 6) is -1.42. The third kappa shape index (κ3) is 6.42. The average molecular weight is 540 g/mol. The Kier molecular flexibility index (Phi) is 8.16. The molecule has 2 aliphatic rings. The topological polar surface area (TPSA) is 85.3 Å². The highest BCUT2D eigenvalue weighted by Gasteiger charge is 2.31. The molecule has 0 bridgehead atoms. The summed E-state index contributed by atoms with van der Waals surface area (Å²) < 4.78 is 29.3. The molecule has 35 heavy (non-hydrogen) atoms. The zero-order valence-electron chi connectivity index (χ0n) is 19.7. The fraction of sp³-hybridized carbons (Fsp3) is 0.440. The fourth-order valence-corrected chi connectivity index (χ4v) is 5.93. The van der Waals surface area contributed by atoms with Crippen molar-refractivity contribution < 1.29 is 13.4 Å². The number of carbonyl (C=O) groups excluding carboxylic acids is 1. The first-order chi connectivity index (χ1) is 16.6. The van der Waals surface area contributed by atoms with E-state index in [9.17, 15) is 13.4 Å². The van der Waals surface area contributed by atoms with Crippen LogP contribution in [0, 0.1) is 11.2 Å². The summed E-state index contributed by atoms with van der Waals surface area (Å²) in [5.41, 5.74) is 2.03. The normalized spacial score (nSPS) is 18.7. The number of rotatable bonds is 8. The minimum atomic E-state index is -1.51. The number of nitrogens with zero attached hydrogens (tertiary/aromatic N) is 1. The van der Waals surface area contributed by atoms with E-state index in [-0.39, 0.29) is 28.6 Å². The van der Waals surface area contributed by atoms with Crippen molar-refractivity contribution in [3.8, 4) is 0 Å². The molecule has 1 amide bonds. The quantitative estimate of drug-likeness (QED) is 0.375. The largest absolute Gasteiger partial charge is 0.382 e. The van der Waals surface area contributed by atoms with Crippen LogP contribution < -0.4 is 10.0 Å². The summed E-state index contributed by atoms with van der Waals surface area (Å²) in [6, 6.07) is 8.48. The Morgan fingerprint density at radius 2 is 1.71 bits per heavy atom. The number of likely N-dealkylation sites (tertiary alicyclic amines) is 1. The van der Waals surface area contributed by atoms with Crippen LogP contribution in [0.15, 0.2) is 30.3 Å². The van der Waals surface area contributed by atoms with E-state index < -0.39 is 22.7 Å². The van der Waals surface area contributed by atoms with E-state index in [0.29, 0.717) is 21.3 Å². The molecule has 3 N–H and O–H groups in total. The molecule has 6 nitrogen and oxygen atoms in total. The van der Waals surface area contributed by atoms with Gasteiger partial charge in [0.2, 0.25) is 0 Å². The van der Waals surface area contributed by atoms with Crippen molar-refractivity contribution in [2.45, 2.75) is 56.9 Å². The van der Waals surface area contributed by atoms with E-state index in [0.717, 1.165) is 44.3 Å². The maximum Gasteiger partial charge on any atom is 0.265 e. The van der Waals surface area contributed by atoms with Crippen LogP contribution in [-0.2, 0) is 11.0 Å². The molecule has 1 saturated carbocycles. The second-order valence-electron chi connectivity index (χ2n) is 9.26. The molecular formula is C25H29Cl2FN4O2S. The zero-order chi connectivity index (χ0) is 25.3. The molecule has 1 aliphatic carbocycles. The highest BCUT2D eigenvalue weighted by Crippen LogP contribution is 2.31. The van der Waals surface area contributed by atoms with Gasteiger partial charge in [0.05, 0.1) is 10.8 Å². The lowest BCUT2D eigenvalue weighted by Gasteiger charge is -2.37. The van der Waals surface area contributed by atoms with Gasteiger partial charge in [-0.15, -0.1) is 0 Å². The second-order valence-corrected chi connectivity index (χ2v) is 11.6. The van der Waals surface area contributed by atoms with Crippen LogP contribution in [0.2, 0.25) is 10.0 Å². The summed E-state index contributed by atoms with van der Waals surface area (Å²) in [7, 11) is -1.51. The van der Waals surface area contributed by atoms with Crippen molar-refractivity contribution in [1.29, 1.82) is 5.41 Å². The summed E-state index contributed by atoms with van der Waals surface area (Å²) in [4.78, 5) is 14.8. The van der Waals surface area contributed by atoms with Crippen LogP contribution in [0.4, 0.5) is 10.1 Å².